The van der Waals surface area contributed by atoms with Crippen LogP contribution >= 0.6 is 0 Å². The molecule has 0 aliphatic heterocycles. The zero-order valence-electron chi connectivity index (χ0n) is 26.4. The van der Waals surface area contributed by atoms with E-state index in [4.69, 9.17) is 18.9 Å². The lowest BCUT2D eigenvalue weighted by atomic mass is 9.99. The number of ketones is 1. The predicted octanol–water partition coefficient (Wildman–Crippen LogP) is 8.75. The van der Waals surface area contributed by atoms with E-state index in [1.807, 2.05) is 112 Å². The average Bonchev–Trinajstić information content (AvgIpc) is 3.07. The lowest BCUT2D eigenvalue weighted by Gasteiger charge is -2.19. The van der Waals surface area contributed by atoms with Crippen molar-refractivity contribution in [1.29, 1.82) is 0 Å². The smallest absolute Gasteiger partial charge is 0.338 e. The minimum atomic E-state index is -0.621. The van der Waals surface area contributed by atoms with E-state index in [1.165, 1.54) is 0 Å². The number of hydrogen-bond donors (Lipinski definition) is 0. The number of carbonyl (C=O) groups excluding carboxylic acids is 2. The van der Waals surface area contributed by atoms with Gasteiger partial charge in [0, 0.05) is 11.1 Å². The predicted molar refractivity (Wildman–Crippen MR) is 178 cm³/mol. The van der Waals surface area contributed by atoms with E-state index in [0.717, 1.165) is 16.7 Å². The van der Waals surface area contributed by atoms with Crippen molar-refractivity contribution in [1.82, 2.24) is 0 Å². The Morgan fingerprint density at radius 3 is 1.41 bits per heavy atom. The van der Waals surface area contributed by atoms with Gasteiger partial charge in [0.25, 0.3) is 0 Å². The maximum atomic E-state index is 13.9. The van der Waals surface area contributed by atoms with Crippen molar-refractivity contribution in [3.05, 3.63) is 166 Å². The molecule has 0 saturated heterocycles. The maximum absolute atomic E-state index is 13.9. The first-order chi connectivity index (χ1) is 22.2. The summed E-state index contributed by atoms with van der Waals surface area (Å²) in [6.07, 6.45) is 0. The van der Waals surface area contributed by atoms with Gasteiger partial charge in [0.1, 0.15) is 30.3 Å². The molecule has 0 N–H and O–H groups in total. The molecular weight excluding hydrogens is 576 g/mol. The molecule has 0 unspecified atom stereocenters. The maximum Gasteiger partial charge on any atom is 0.338 e. The summed E-state index contributed by atoms with van der Waals surface area (Å²) >= 11 is 0. The normalized spacial score (nSPS) is 11.1. The third kappa shape index (κ3) is 9.16. The van der Waals surface area contributed by atoms with E-state index in [9.17, 15) is 9.59 Å². The minimum absolute atomic E-state index is 0.211. The number of carbonyl (C=O) groups is 2. The molecule has 0 aliphatic rings. The molecule has 0 heterocycles. The molecule has 0 saturated carbocycles. The standard InChI is InChI=1S/C40H38O6/c1-40(2,3)46-39(42)33-21-19-32(20-22-33)38(41)34-23-36(44-26-30-15-9-5-10-16-30)35(28-43-25-29-13-7-4-8-14-29)37(24-34)45-27-31-17-11-6-12-18-31/h4-24H,25-28H2,1-3H3. The number of esters is 1. The average molecular weight is 615 g/mol. The molecule has 0 fully saturated rings. The van der Waals surface area contributed by atoms with E-state index in [-0.39, 0.29) is 12.4 Å². The molecule has 0 radical (unpaired) electrons. The van der Waals surface area contributed by atoms with Gasteiger partial charge in [-0.05, 0) is 61.7 Å². The van der Waals surface area contributed by atoms with Gasteiger partial charge in [-0.3, -0.25) is 4.79 Å². The van der Waals surface area contributed by atoms with Crippen LogP contribution in [0, 0.1) is 0 Å². The van der Waals surface area contributed by atoms with Crippen molar-refractivity contribution >= 4 is 11.8 Å². The highest BCUT2D eigenvalue weighted by Gasteiger charge is 2.21. The minimum Gasteiger partial charge on any atom is -0.488 e. The quantitative estimate of drug-likeness (QED) is 0.0976. The summed E-state index contributed by atoms with van der Waals surface area (Å²) in [4.78, 5) is 26.4. The highest BCUT2D eigenvalue weighted by molar-refractivity contribution is 6.10. The summed E-state index contributed by atoms with van der Waals surface area (Å²) in [5.74, 6) is 0.313. The molecule has 0 aromatic heterocycles. The molecule has 6 heteroatoms. The Bertz CT molecular complexity index is 1660. The van der Waals surface area contributed by atoms with Crippen LogP contribution in [0.2, 0.25) is 0 Å². The highest BCUT2D eigenvalue weighted by atomic mass is 16.6. The van der Waals surface area contributed by atoms with Crippen LogP contribution in [0.3, 0.4) is 0 Å². The van der Waals surface area contributed by atoms with Gasteiger partial charge in [0.05, 0.1) is 24.3 Å². The molecule has 5 aromatic carbocycles. The molecule has 0 spiro atoms. The highest BCUT2D eigenvalue weighted by Crippen LogP contribution is 2.34. The summed E-state index contributed by atoms with van der Waals surface area (Å²) in [6, 6.07) is 39.6. The van der Waals surface area contributed by atoms with Crippen molar-refractivity contribution in [2.75, 3.05) is 0 Å². The van der Waals surface area contributed by atoms with Crippen molar-refractivity contribution < 1.29 is 28.5 Å². The zero-order chi connectivity index (χ0) is 32.4. The summed E-state index contributed by atoms with van der Waals surface area (Å²) in [5.41, 5.74) is 4.29. The Morgan fingerprint density at radius 2 is 0.957 bits per heavy atom. The fraction of sp³-hybridized carbons (Fsp3) is 0.200. The second-order valence-electron chi connectivity index (χ2n) is 11.9. The number of ether oxygens (including phenoxy) is 4. The number of rotatable bonds is 13. The molecule has 0 atom stereocenters. The van der Waals surface area contributed by atoms with Crippen molar-refractivity contribution in [2.45, 2.75) is 52.8 Å². The van der Waals surface area contributed by atoms with Crippen LogP contribution in [0.1, 0.15) is 69.3 Å². The first-order valence-electron chi connectivity index (χ1n) is 15.3. The molecule has 46 heavy (non-hydrogen) atoms. The Hall–Kier alpha value is -5.20. The van der Waals surface area contributed by atoms with Crippen LogP contribution in [-0.2, 0) is 35.9 Å². The number of benzene rings is 5. The Morgan fingerprint density at radius 1 is 0.522 bits per heavy atom. The number of hydrogen-bond acceptors (Lipinski definition) is 6. The summed E-state index contributed by atoms with van der Waals surface area (Å²) < 4.78 is 24.4. The van der Waals surface area contributed by atoms with Crippen molar-refractivity contribution in [2.24, 2.45) is 0 Å². The fourth-order valence-electron chi connectivity index (χ4n) is 4.73. The third-order valence-corrected chi connectivity index (χ3v) is 7.04. The van der Waals surface area contributed by atoms with Crippen LogP contribution in [0.15, 0.2) is 127 Å². The van der Waals surface area contributed by atoms with E-state index in [1.54, 1.807) is 36.4 Å². The first kappa shape index (κ1) is 32.2. The van der Waals surface area contributed by atoms with E-state index in [0.29, 0.717) is 53.6 Å². The fourth-order valence-corrected chi connectivity index (χ4v) is 4.73. The van der Waals surface area contributed by atoms with Crippen LogP contribution < -0.4 is 9.47 Å². The summed E-state index contributed by atoms with van der Waals surface area (Å²) in [6.45, 7) is 6.65. The van der Waals surface area contributed by atoms with Gasteiger partial charge in [0.2, 0.25) is 0 Å². The van der Waals surface area contributed by atoms with E-state index < -0.39 is 11.6 Å². The van der Waals surface area contributed by atoms with E-state index >= 15 is 0 Å². The molecule has 234 valence electrons. The molecule has 0 amide bonds. The van der Waals surface area contributed by atoms with Gasteiger partial charge in [-0.2, -0.15) is 0 Å². The molecular formula is C40H38O6. The van der Waals surface area contributed by atoms with Crippen molar-refractivity contribution in [3.8, 4) is 11.5 Å². The van der Waals surface area contributed by atoms with E-state index in [2.05, 4.69) is 0 Å². The summed E-state index contributed by atoms with van der Waals surface area (Å²) in [7, 11) is 0. The topological polar surface area (TPSA) is 71.1 Å². The van der Waals surface area contributed by atoms with Gasteiger partial charge < -0.3 is 18.9 Å². The van der Waals surface area contributed by atoms with Gasteiger partial charge in [-0.25, -0.2) is 4.79 Å². The van der Waals surface area contributed by atoms with Gasteiger partial charge in [-0.15, -0.1) is 0 Å². The SMILES string of the molecule is CC(C)(C)OC(=O)c1ccc(C(=O)c2cc(OCc3ccccc3)c(COCc3ccccc3)c(OCc3ccccc3)c2)cc1. The molecule has 6 nitrogen and oxygen atoms in total. The molecule has 5 aromatic rings. The molecule has 5 rings (SSSR count). The van der Waals surface area contributed by atoms with Crippen molar-refractivity contribution in [3.63, 3.8) is 0 Å². The van der Waals surface area contributed by atoms with Crippen LogP contribution in [-0.4, -0.2) is 17.4 Å². The van der Waals surface area contributed by atoms with Gasteiger partial charge in [0.15, 0.2) is 5.78 Å². The second kappa shape index (κ2) is 15.2. The lowest BCUT2D eigenvalue weighted by Crippen LogP contribution is -2.23. The Kier molecular flexibility index (Phi) is 10.6. The molecule has 0 aliphatic carbocycles. The van der Waals surface area contributed by atoms with Gasteiger partial charge >= 0.3 is 5.97 Å². The van der Waals surface area contributed by atoms with Crippen LogP contribution in [0.25, 0.3) is 0 Å². The molecule has 0 bridgehead atoms. The summed E-state index contributed by atoms with van der Waals surface area (Å²) in [5, 5.41) is 0. The van der Waals surface area contributed by atoms with Crippen LogP contribution in [0.4, 0.5) is 0 Å². The van der Waals surface area contributed by atoms with Gasteiger partial charge in [-0.1, -0.05) is 103 Å². The van der Waals surface area contributed by atoms with Crippen LogP contribution in [0.5, 0.6) is 11.5 Å². The Labute approximate surface area is 270 Å². The lowest BCUT2D eigenvalue weighted by molar-refractivity contribution is 0.00693. The third-order valence-electron chi connectivity index (χ3n) is 7.04. The Balaban J connectivity index is 1.47. The second-order valence-corrected chi connectivity index (χ2v) is 11.9. The zero-order valence-corrected chi connectivity index (χ0v) is 26.4. The first-order valence-corrected chi connectivity index (χ1v) is 15.3. The largest absolute Gasteiger partial charge is 0.488 e. The monoisotopic (exact) mass is 614 g/mol.